The van der Waals surface area contributed by atoms with Crippen molar-refractivity contribution in [3.63, 3.8) is 0 Å². The molecule has 0 radical (unpaired) electrons. The minimum atomic E-state index is -0.193. The SMILES string of the molecule is CC1(C)CC(=O)c2sc(C3CCCOC45C=CC(c6ccccc6)=CC34C5)nc2C1. The summed E-state index contributed by atoms with van der Waals surface area (Å²) < 4.78 is 6.43. The Morgan fingerprint density at radius 3 is 2.83 bits per heavy atom. The molecule has 3 atom stereocenters. The second-order valence-electron chi connectivity index (χ2n) is 10.2. The monoisotopic (exact) mass is 417 g/mol. The summed E-state index contributed by atoms with van der Waals surface area (Å²) in [6, 6.07) is 10.6. The third kappa shape index (κ3) is 2.66. The van der Waals surface area contributed by atoms with E-state index in [1.807, 2.05) is 0 Å². The van der Waals surface area contributed by atoms with Crippen molar-refractivity contribution in [2.45, 2.75) is 57.5 Å². The van der Waals surface area contributed by atoms with Gasteiger partial charge in [-0.3, -0.25) is 4.79 Å². The van der Waals surface area contributed by atoms with E-state index in [1.165, 1.54) is 11.1 Å². The van der Waals surface area contributed by atoms with Crippen LogP contribution < -0.4 is 0 Å². The Labute approximate surface area is 181 Å². The number of ketones is 1. The van der Waals surface area contributed by atoms with Crippen molar-refractivity contribution < 1.29 is 9.53 Å². The highest BCUT2D eigenvalue weighted by Crippen LogP contribution is 2.72. The van der Waals surface area contributed by atoms with Crippen molar-refractivity contribution in [1.82, 2.24) is 4.98 Å². The van der Waals surface area contributed by atoms with Gasteiger partial charge in [0.05, 0.1) is 21.2 Å². The third-order valence-corrected chi connectivity index (χ3v) is 8.69. The molecule has 4 heteroatoms. The summed E-state index contributed by atoms with van der Waals surface area (Å²) >= 11 is 1.67. The van der Waals surface area contributed by atoms with Crippen molar-refractivity contribution >= 4 is 22.7 Å². The van der Waals surface area contributed by atoms with E-state index in [2.05, 4.69) is 62.4 Å². The molecule has 1 aromatic carbocycles. The van der Waals surface area contributed by atoms with Gasteiger partial charge < -0.3 is 4.74 Å². The Balaban J connectivity index is 1.44. The molecule has 3 nitrogen and oxygen atoms in total. The van der Waals surface area contributed by atoms with Crippen LogP contribution in [0.5, 0.6) is 0 Å². The Morgan fingerprint density at radius 1 is 1.17 bits per heavy atom. The standard InChI is InChI=1S/C26H27NO2S/c1-24(2)14-20-22(21(28)15-24)30-23(27-20)19-9-6-12-29-26-11-10-18(13-25(19,26)16-26)17-7-4-3-5-8-17/h3-5,7-8,10-11,13,19H,6,9,12,14-16H2,1-2H3. The van der Waals surface area contributed by atoms with E-state index in [1.54, 1.807) is 11.3 Å². The van der Waals surface area contributed by atoms with Gasteiger partial charge in [-0.05, 0) is 42.2 Å². The zero-order valence-corrected chi connectivity index (χ0v) is 18.4. The van der Waals surface area contributed by atoms with Crippen LogP contribution in [-0.2, 0) is 11.2 Å². The first kappa shape index (κ1) is 18.7. The maximum absolute atomic E-state index is 12.8. The number of nitrogens with zero attached hydrogens (tertiary/aromatic N) is 1. The van der Waals surface area contributed by atoms with E-state index in [0.29, 0.717) is 12.3 Å². The quantitative estimate of drug-likeness (QED) is 0.604. The van der Waals surface area contributed by atoms with Gasteiger partial charge in [0.25, 0.3) is 0 Å². The Morgan fingerprint density at radius 2 is 2.00 bits per heavy atom. The number of benzene rings is 1. The first-order valence-electron chi connectivity index (χ1n) is 11.1. The number of hydrogen-bond donors (Lipinski definition) is 0. The molecule has 0 spiro atoms. The Hall–Kier alpha value is -2.04. The van der Waals surface area contributed by atoms with Crippen LogP contribution in [0.4, 0.5) is 0 Å². The summed E-state index contributed by atoms with van der Waals surface area (Å²) in [5, 5.41) is 1.15. The predicted molar refractivity (Wildman–Crippen MR) is 120 cm³/mol. The fourth-order valence-electron chi connectivity index (χ4n) is 5.92. The maximum atomic E-state index is 12.8. The fourth-order valence-corrected chi connectivity index (χ4v) is 7.18. The number of carbonyl (C=O) groups excluding carboxylic acids is 1. The minimum Gasteiger partial charge on any atom is -0.370 e. The molecular weight excluding hydrogens is 390 g/mol. The number of aromatic nitrogens is 1. The van der Waals surface area contributed by atoms with E-state index in [-0.39, 0.29) is 22.2 Å². The second-order valence-corrected chi connectivity index (χ2v) is 11.2. The molecule has 30 heavy (non-hydrogen) atoms. The van der Waals surface area contributed by atoms with Gasteiger partial charge in [-0.15, -0.1) is 11.3 Å². The molecule has 0 amide bonds. The summed E-state index contributed by atoms with van der Waals surface area (Å²) in [4.78, 5) is 18.8. The van der Waals surface area contributed by atoms with Crippen LogP contribution in [0.1, 0.15) is 71.4 Å². The number of carbonyl (C=O) groups is 1. The average Bonchev–Trinajstić information content (AvgIpc) is 3.25. The van der Waals surface area contributed by atoms with Crippen LogP contribution >= 0.6 is 11.3 Å². The van der Waals surface area contributed by atoms with Crippen molar-refractivity contribution in [2.75, 3.05) is 6.61 Å². The molecule has 2 aromatic rings. The number of ether oxygens (including phenoxy) is 1. The van der Waals surface area contributed by atoms with E-state index < -0.39 is 0 Å². The van der Waals surface area contributed by atoms with Crippen LogP contribution in [0, 0.1) is 10.8 Å². The molecule has 6 rings (SSSR count). The highest BCUT2D eigenvalue weighted by Gasteiger charge is 2.71. The zero-order chi connectivity index (χ0) is 20.6. The fraction of sp³-hybridized carbons (Fsp3) is 0.462. The van der Waals surface area contributed by atoms with Gasteiger partial charge in [0.15, 0.2) is 5.78 Å². The molecule has 1 saturated carbocycles. The lowest BCUT2D eigenvalue weighted by molar-refractivity contribution is 0.0523. The first-order chi connectivity index (χ1) is 14.4. The van der Waals surface area contributed by atoms with E-state index in [9.17, 15) is 4.79 Å². The molecule has 3 unspecified atom stereocenters. The number of fused-ring (bicyclic) bond motifs is 1. The number of rotatable bonds is 2. The van der Waals surface area contributed by atoms with Gasteiger partial charge in [-0.2, -0.15) is 0 Å². The smallest absolute Gasteiger partial charge is 0.175 e. The van der Waals surface area contributed by atoms with Crippen LogP contribution in [-0.4, -0.2) is 23.0 Å². The first-order valence-corrected chi connectivity index (χ1v) is 11.9. The minimum absolute atomic E-state index is 0.0115. The second kappa shape index (κ2) is 6.24. The van der Waals surface area contributed by atoms with Crippen LogP contribution in [0.25, 0.3) is 5.57 Å². The van der Waals surface area contributed by atoms with Gasteiger partial charge in [0.1, 0.15) is 0 Å². The topological polar surface area (TPSA) is 39.2 Å². The largest absolute Gasteiger partial charge is 0.370 e. The van der Waals surface area contributed by atoms with Crippen molar-refractivity contribution in [3.05, 3.63) is 69.7 Å². The molecule has 0 bridgehead atoms. The van der Waals surface area contributed by atoms with Crippen LogP contribution in [0.2, 0.25) is 0 Å². The van der Waals surface area contributed by atoms with Crippen molar-refractivity contribution in [3.8, 4) is 0 Å². The molecule has 2 fully saturated rings. The summed E-state index contributed by atoms with van der Waals surface area (Å²) in [6.45, 7) is 5.16. The lowest BCUT2D eigenvalue weighted by Crippen LogP contribution is -2.26. The number of thiazole rings is 1. The summed E-state index contributed by atoms with van der Waals surface area (Å²) in [5.74, 6) is 0.591. The van der Waals surface area contributed by atoms with Gasteiger partial charge in [-0.1, -0.05) is 62.4 Å². The molecule has 1 aromatic heterocycles. The summed E-state index contributed by atoms with van der Waals surface area (Å²) in [5.41, 5.74) is 3.34. The highest BCUT2D eigenvalue weighted by molar-refractivity contribution is 7.14. The van der Waals surface area contributed by atoms with E-state index in [0.717, 1.165) is 47.9 Å². The number of Topliss-reactive ketones (excluding diaryl/α,β-unsaturated/α-hetero) is 1. The molecule has 2 heterocycles. The Kier molecular flexibility index (Phi) is 3.89. The summed E-state index contributed by atoms with van der Waals surface area (Å²) in [6.07, 6.45) is 11.7. The maximum Gasteiger partial charge on any atom is 0.175 e. The molecule has 4 aliphatic rings. The molecule has 0 N–H and O–H groups in total. The van der Waals surface area contributed by atoms with Crippen LogP contribution in [0.3, 0.4) is 0 Å². The molecule has 154 valence electrons. The lowest BCUT2D eigenvalue weighted by atomic mass is 9.77. The molecule has 3 aliphatic carbocycles. The zero-order valence-electron chi connectivity index (χ0n) is 17.6. The number of hydrogen-bond acceptors (Lipinski definition) is 4. The molecular formula is C26H27NO2S. The van der Waals surface area contributed by atoms with Crippen LogP contribution in [0.15, 0.2) is 48.6 Å². The van der Waals surface area contributed by atoms with Gasteiger partial charge in [0.2, 0.25) is 0 Å². The number of allylic oxidation sites excluding steroid dienone is 2. The lowest BCUT2D eigenvalue weighted by Gasteiger charge is -2.29. The van der Waals surface area contributed by atoms with Gasteiger partial charge >= 0.3 is 0 Å². The Bertz CT molecular complexity index is 1100. The highest BCUT2D eigenvalue weighted by atomic mass is 32.1. The predicted octanol–water partition coefficient (Wildman–Crippen LogP) is 5.97. The third-order valence-electron chi connectivity index (χ3n) is 7.44. The van der Waals surface area contributed by atoms with E-state index >= 15 is 0 Å². The molecule has 1 aliphatic heterocycles. The normalized spacial score (nSPS) is 33.7. The van der Waals surface area contributed by atoms with Crippen molar-refractivity contribution in [1.29, 1.82) is 0 Å². The molecule has 1 saturated heterocycles. The van der Waals surface area contributed by atoms with Crippen molar-refractivity contribution in [2.24, 2.45) is 10.8 Å². The average molecular weight is 418 g/mol. The van der Waals surface area contributed by atoms with E-state index in [4.69, 9.17) is 9.72 Å². The summed E-state index contributed by atoms with van der Waals surface area (Å²) in [7, 11) is 0. The van der Waals surface area contributed by atoms with Gasteiger partial charge in [0, 0.05) is 24.4 Å². The van der Waals surface area contributed by atoms with Gasteiger partial charge in [-0.25, -0.2) is 4.98 Å².